The minimum absolute atomic E-state index is 0.136. The molecule has 0 aromatic carbocycles. The Morgan fingerprint density at radius 3 is 3.06 bits per heavy atom. The second-order valence-electron chi connectivity index (χ2n) is 3.46. The van der Waals surface area contributed by atoms with Crippen LogP contribution in [-0.4, -0.2) is 25.9 Å². The summed E-state index contributed by atoms with van der Waals surface area (Å²) in [7, 11) is 0. The maximum Gasteiger partial charge on any atom is 0.242 e. The normalized spacial score (nSPS) is 10.1. The van der Waals surface area contributed by atoms with Crippen LogP contribution in [0.2, 0.25) is 0 Å². The lowest BCUT2D eigenvalue weighted by molar-refractivity contribution is -0.122. The van der Waals surface area contributed by atoms with Crippen molar-refractivity contribution in [2.45, 2.75) is 13.1 Å². The van der Waals surface area contributed by atoms with Crippen molar-refractivity contribution in [3.8, 4) is 0 Å². The average molecular weight is 232 g/mol. The molecule has 88 valence electrons. The zero-order chi connectivity index (χ0) is 12.1. The molecule has 1 amide bonds. The number of nitrogens with two attached hydrogens (primary N) is 1. The van der Waals surface area contributed by atoms with Gasteiger partial charge in [-0.3, -0.25) is 9.48 Å². The van der Waals surface area contributed by atoms with Crippen LogP contribution in [0.15, 0.2) is 30.7 Å². The van der Waals surface area contributed by atoms with Crippen LogP contribution in [0.3, 0.4) is 0 Å². The standard InChI is InChI=1S/C10H12N6O/c11-8-4-14-16(6-8)7-10(17)12-5-9-2-1-3-13-15-9/h1-4,6H,5,7,11H2,(H,12,17). The van der Waals surface area contributed by atoms with Gasteiger partial charge in [-0.15, -0.1) is 0 Å². The monoisotopic (exact) mass is 232 g/mol. The lowest BCUT2D eigenvalue weighted by Crippen LogP contribution is -2.27. The van der Waals surface area contributed by atoms with Gasteiger partial charge in [0.1, 0.15) is 6.54 Å². The molecule has 0 fully saturated rings. The Morgan fingerprint density at radius 1 is 1.53 bits per heavy atom. The van der Waals surface area contributed by atoms with Crippen LogP contribution < -0.4 is 11.1 Å². The predicted octanol–water partition coefficient (Wildman–Crippen LogP) is -0.428. The minimum Gasteiger partial charge on any atom is -0.396 e. The number of anilines is 1. The summed E-state index contributed by atoms with van der Waals surface area (Å²) in [6, 6.07) is 3.56. The smallest absolute Gasteiger partial charge is 0.242 e. The van der Waals surface area contributed by atoms with Gasteiger partial charge in [0, 0.05) is 12.4 Å². The van der Waals surface area contributed by atoms with E-state index in [2.05, 4.69) is 20.6 Å². The molecule has 0 saturated carbocycles. The van der Waals surface area contributed by atoms with E-state index in [9.17, 15) is 4.79 Å². The van der Waals surface area contributed by atoms with E-state index in [0.717, 1.165) is 0 Å². The quantitative estimate of drug-likeness (QED) is 0.745. The SMILES string of the molecule is Nc1cnn(CC(=O)NCc2cccnn2)c1. The van der Waals surface area contributed by atoms with Crippen LogP contribution in [-0.2, 0) is 17.9 Å². The Labute approximate surface area is 97.6 Å². The fraction of sp³-hybridized carbons (Fsp3) is 0.200. The zero-order valence-electron chi connectivity index (χ0n) is 9.08. The highest BCUT2D eigenvalue weighted by atomic mass is 16.2. The van der Waals surface area contributed by atoms with Crippen LogP contribution in [0.1, 0.15) is 5.69 Å². The number of hydrogen-bond donors (Lipinski definition) is 2. The van der Waals surface area contributed by atoms with Gasteiger partial charge in [-0.05, 0) is 12.1 Å². The molecule has 2 aromatic rings. The van der Waals surface area contributed by atoms with E-state index < -0.39 is 0 Å². The molecule has 0 aliphatic rings. The van der Waals surface area contributed by atoms with E-state index in [1.807, 2.05) is 0 Å². The van der Waals surface area contributed by atoms with Crippen molar-refractivity contribution in [3.05, 3.63) is 36.4 Å². The number of hydrogen-bond acceptors (Lipinski definition) is 5. The number of aromatic nitrogens is 4. The molecule has 2 aromatic heterocycles. The van der Waals surface area contributed by atoms with Crippen molar-refractivity contribution in [1.29, 1.82) is 0 Å². The first-order valence-corrected chi connectivity index (χ1v) is 5.05. The molecule has 0 aliphatic carbocycles. The van der Waals surface area contributed by atoms with Gasteiger partial charge in [-0.25, -0.2) is 0 Å². The fourth-order valence-corrected chi connectivity index (χ4v) is 1.29. The van der Waals surface area contributed by atoms with Crippen LogP contribution in [0.25, 0.3) is 0 Å². The van der Waals surface area contributed by atoms with Gasteiger partial charge in [0.2, 0.25) is 5.91 Å². The van der Waals surface area contributed by atoms with E-state index >= 15 is 0 Å². The van der Waals surface area contributed by atoms with Gasteiger partial charge in [0.25, 0.3) is 0 Å². The zero-order valence-corrected chi connectivity index (χ0v) is 9.08. The van der Waals surface area contributed by atoms with Crippen molar-refractivity contribution in [3.63, 3.8) is 0 Å². The van der Waals surface area contributed by atoms with Crippen molar-refractivity contribution >= 4 is 11.6 Å². The van der Waals surface area contributed by atoms with Crippen LogP contribution in [0.4, 0.5) is 5.69 Å². The second kappa shape index (κ2) is 5.06. The second-order valence-corrected chi connectivity index (χ2v) is 3.46. The maximum absolute atomic E-state index is 11.5. The molecule has 0 atom stereocenters. The summed E-state index contributed by atoms with van der Waals surface area (Å²) in [5.41, 5.74) is 6.73. The van der Waals surface area contributed by atoms with Crippen molar-refractivity contribution in [2.75, 3.05) is 5.73 Å². The highest BCUT2D eigenvalue weighted by molar-refractivity contribution is 5.75. The van der Waals surface area contributed by atoms with E-state index in [4.69, 9.17) is 5.73 Å². The van der Waals surface area contributed by atoms with Gasteiger partial charge in [-0.2, -0.15) is 15.3 Å². The molecule has 3 N–H and O–H groups in total. The Balaban J connectivity index is 1.82. The first kappa shape index (κ1) is 11.1. The van der Waals surface area contributed by atoms with E-state index in [0.29, 0.717) is 17.9 Å². The minimum atomic E-state index is -0.154. The van der Waals surface area contributed by atoms with Crippen molar-refractivity contribution < 1.29 is 4.79 Å². The van der Waals surface area contributed by atoms with Crippen LogP contribution >= 0.6 is 0 Å². The first-order chi connectivity index (χ1) is 8.24. The number of rotatable bonds is 4. The summed E-state index contributed by atoms with van der Waals surface area (Å²) in [6.07, 6.45) is 4.68. The Kier molecular flexibility index (Phi) is 3.29. The topological polar surface area (TPSA) is 98.7 Å². The van der Waals surface area contributed by atoms with Gasteiger partial charge in [-0.1, -0.05) is 0 Å². The number of amides is 1. The summed E-state index contributed by atoms with van der Waals surface area (Å²) >= 11 is 0. The number of nitrogen functional groups attached to an aromatic ring is 1. The summed E-state index contributed by atoms with van der Waals surface area (Å²) in [5.74, 6) is -0.154. The van der Waals surface area contributed by atoms with E-state index in [1.54, 1.807) is 24.5 Å². The molecular weight excluding hydrogens is 220 g/mol. The Morgan fingerprint density at radius 2 is 2.41 bits per heavy atom. The third kappa shape index (κ3) is 3.26. The van der Waals surface area contributed by atoms with Gasteiger partial charge < -0.3 is 11.1 Å². The van der Waals surface area contributed by atoms with Crippen LogP contribution in [0.5, 0.6) is 0 Å². The van der Waals surface area contributed by atoms with Gasteiger partial charge in [0.15, 0.2) is 0 Å². The third-order valence-electron chi connectivity index (χ3n) is 2.05. The Hall–Kier alpha value is -2.44. The first-order valence-electron chi connectivity index (χ1n) is 5.05. The fourth-order valence-electron chi connectivity index (χ4n) is 1.29. The molecule has 0 aliphatic heterocycles. The number of nitrogens with zero attached hydrogens (tertiary/aromatic N) is 4. The largest absolute Gasteiger partial charge is 0.396 e. The molecule has 0 bridgehead atoms. The summed E-state index contributed by atoms with van der Waals surface area (Å²) in [5, 5.41) is 14.2. The number of carbonyl (C=O) groups is 1. The molecule has 2 heterocycles. The molecule has 7 nitrogen and oxygen atoms in total. The molecule has 7 heteroatoms. The molecule has 0 saturated heterocycles. The molecule has 0 radical (unpaired) electrons. The molecule has 2 rings (SSSR count). The Bertz CT molecular complexity index is 495. The summed E-state index contributed by atoms with van der Waals surface area (Å²) < 4.78 is 1.47. The maximum atomic E-state index is 11.5. The third-order valence-corrected chi connectivity index (χ3v) is 2.05. The highest BCUT2D eigenvalue weighted by Crippen LogP contribution is 1.97. The van der Waals surface area contributed by atoms with Gasteiger partial charge >= 0.3 is 0 Å². The lowest BCUT2D eigenvalue weighted by atomic mass is 10.4. The van der Waals surface area contributed by atoms with Crippen molar-refractivity contribution in [2.24, 2.45) is 0 Å². The van der Waals surface area contributed by atoms with E-state index in [1.165, 1.54) is 10.9 Å². The highest BCUT2D eigenvalue weighted by Gasteiger charge is 2.04. The van der Waals surface area contributed by atoms with E-state index in [-0.39, 0.29) is 12.5 Å². The predicted molar refractivity (Wildman–Crippen MR) is 60.5 cm³/mol. The van der Waals surface area contributed by atoms with Crippen LogP contribution in [0, 0.1) is 0 Å². The molecule has 0 spiro atoms. The summed E-state index contributed by atoms with van der Waals surface area (Å²) in [4.78, 5) is 11.5. The molecular formula is C10H12N6O. The molecule has 0 unspecified atom stereocenters. The number of carbonyl (C=O) groups excluding carboxylic acids is 1. The average Bonchev–Trinajstić information content (AvgIpc) is 2.73. The number of nitrogens with one attached hydrogen (secondary N) is 1. The van der Waals surface area contributed by atoms with Gasteiger partial charge in [0.05, 0.1) is 24.1 Å². The lowest BCUT2D eigenvalue weighted by Gasteiger charge is -2.04. The molecule has 17 heavy (non-hydrogen) atoms. The van der Waals surface area contributed by atoms with Crippen molar-refractivity contribution in [1.82, 2.24) is 25.3 Å². The summed E-state index contributed by atoms with van der Waals surface area (Å²) in [6.45, 7) is 0.487.